The van der Waals surface area contributed by atoms with Gasteiger partial charge in [-0.1, -0.05) is 28.9 Å². The van der Waals surface area contributed by atoms with Crippen molar-refractivity contribution < 1.29 is 9.26 Å². The van der Waals surface area contributed by atoms with E-state index in [1.54, 1.807) is 7.11 Å². The van der Waals surface area contributed by atoms with Gasteiger partial charge in [-0.2, -0.15) is 0 Å². The third-order valence-corrected chi connectivity index (χ3v) is 5.69. The van der Waals surface area contributed by atoms with Crippen LogP contribution in [0.2, 0.25) is 5.02 Å². The van der Waals surface area contributed by atoms with E-state index in [9.17, 15) is 4.79 Å². The van der Waals surface area contributed by atoms with Crippen LogP contribution in [0.15, 0.2) is 51.8 Å². The lowest BCUT2D eigenvalue weighted by Gasteiger charge is -2.16. The van der Waals surface area contributed by atoms with Gasteiger partial charge in [-0.15, -0.1) is 0 Å². The highest BCUT2D eigenvalue weighted by atomic mass is 35.5. The first-order valence-electron chi connectivity index (χ1n) is 9.79. The molecular weight excluding hydrogens is 400 g/mol. The smallest absolute Gasteiger partial charge is 0.253 e. The van der Waals surface area contributed by atoms with E-state index in [4.69, 9.17) is 20.9 Å². The molecule has 0 aliphatic carbocycles. The normalized spacial score (nSPS) is 11.2. The third-order valence-electron chi connectivity index (χ3n) is 5.43. The standard InChI is InChI=1S/C24H23ClN2O3/c1-14-11-18-12-20(23-15(2)26-30-16(23)3)22(29-4)13-21(18)27(24(14)28)10-9-17-5-7-19(25)8-6-17/h5-8,11-13H,9-10H2,1-4H3. The average Bonchev–Trinajstić information content (AvgIpc) is 3.07. The Morgan fingerprint density at radius 1 is 1.10 bits per heavy atom. The van der Waals surface area contributed by atoms with Gasteiger partial charge >= 0.3 is 0 Å². The molecule has 0 saturated heterocycles. The molecule has 0 bridgehead atoms. The molecule has 0 spiro atoms. The number of benzene rings is 2. The fourth-order valence-electron chi connectivity index (χ4n) is 3.90. The molecule has 0 amide bonds. The molecule has 0 aliphatic heterocycles. The van der Waals surface area contributed by atoms with Crippen molar-refractivity contribution in [2.45, 2.75) is 33.7 Å². The number of halogens is 1. The topological polar surface area (TPSA) is 57.3 Å². The molecule has 0 unspecified atom stereocenters. The zero-order valence-corrected chi connectivity index (χ0v) is 18.2. The Morgan fingerprint density at radius 3 is 2.47 bits per heavy atom. The molecule has 154 valence electrons. The van der Waals surface area contributed by atoms with Crippen LogP contribution in [0.25, 0.3) is 22.0 Å². The Labute approximate surface area is 179 Å². The van der Waals surface area contributed by atoms with Crippen molar-refractivity contribution >= 4 is 22.5 Å². The molecule has 4 aromatic rings. The van der Waals surface area contributed by atoms with Crippen molar-refractivity contribution in [3.8, 4) is 16.9 Å². The van der Waals surface area contributed by atoms with E-state index in [0.717, 1.165) is 45.5 Å². The molecule has 2 aromatic heterocycles. The van der Waals surface area contributed by atoms with Crippen LogP contribution < -0.4 is 10.3 Å². The summed E-state index contributed by atoms with van der Waals surface area (Å²) >= 11 is 5.99. The molecule has 0 saturated carbocycles. The van der Waals surface area contributed by atoms with E-state index in [1.807, 2.05) is 67.8 Å². The lowest BCUT2D eigenvalue weighted by Crippen LogP contribution is -2.23. The van der Waals surface area contributed by atoms with Crippen LogP contribution >= 0.6 is 11.6 Å². The van der Waals surface area contributed by atoms with Gasteiger partial charge in [0.2, 0.25) is 0 Å². The Hall–Kier alpha value is -3.05. The number of hydrogen-bond donors (Lipinski definition) is 0. The summed E-state index contributed by atoms with van der Waals surface area (Å²) in [5.74, 6) is 1.42. The summed E-state index contributed by atoms with van der Waals surface area (Å²) in [6, 6.07) is 13.6. The van der Waals surface area contributed by atoms with Gasteiger partial charge in [0.1, 0.15) is 11.5 Å². The summed E-state index contributed by atoms with van der Waals surface area (Å²) in [5, 5.41) is 5.74. The van der Waals surface area contributed by atoms with Gasteiger partial charge in [-0.25, -0.2) is 0 Å². The summed E-state index contributed by atoms with van der Waals surface area (Å²) < 4.78 is 12.9. The van der Waals surface area contributed by atoms with E-state index < -0.39 is 0 Å². The van der Waals surface area contributed by atoms with Crippen LogP contribution in [0.1, 0.15) is 22.6 Å². The Balaban J connectivity index is 1.85. The van der Waals surface area contributed by atoms with Crippen molar-refractivity contribution in [1.82, 2.24) is 9.72 Å². The first kappa shape index (κ1) is 20.2. The predicted molar refractivity (Wildman–Crippen MR) is 120 cm³/mol. The number of rotatable bonds is 5. The van der Waals surface area contributed by atoms with Crippen molar-refractivity contribution in [2.24, 2.45) is 0 Å². The predicted octanol–water partition coefficient (Wildman–Crippen LogP) is 5.49. The lowest BCUT2D eigenvalue weighted by atomic mass is 9.99. The van der Waals surface area contributed by atoms with Crippen molar-refractivity contribution in [1.29, 1.82) is 0 Å². The van der Waals surface area contributed by atoms with Crippen LogP contribution in [0.5, 0.6) is 5.75 Å². The lowest BCUT2D eigenvalue weighted by molar-refractivity contribution is 0.393. The van der Waals surface area contributed by atoms with Crippen LogP contribution in [0, 0.1) is 20.8 Å². The fraction of sp³-hybridized carbons (Fsp3) is 0.250. The zero-order chi connectivity index (χ0) is 21.4. The summed E-state index contributed by atoms with van der Waals surface area (Å²) in [6.07, 6.45) is 0.726. The van der Waals surface area contributed by atoms with E-state index >= 15 is 0 Å². The van der Waals surface area contributed by atoms with E-state index in [2.05, 4.69) is 5.16 Å². The molecule has 0 fully saturated rings. The maximum Gasteiger partial charge on any atom is 0.253 e. The second-order valence-electron chi connectivity index (χ2n) is 7.47. The highest BCUT2D eigenvalue weighted by molar-refractivity contribution is 6.30. The quantitative estimate of drug-likeness (QED) is 0.427. The summed E-state index contributed by atoms with van der Waals surface area (Å²) in [7, 11) is 1.63. The molecule has 2 heterocycles. The van der Waals surface area contributed by atoms with Crippen LogP contribution in [-0.2, 0) is 13.0 Å². The molecule has 0 aliphatic rings. The summed E-state index contributed by atoms with van der Waals surface area (Å²) in [4.78, 5) is 13.0. The number of methoxy groups -OCH3 is 1. The highest BCUT2D eigenvalue weighted by Gasteiger charge is 2.18. The number of fused-ring (bicyclic) bond motifs is 1. The number of aryl methyl sites for hydroxylation is 5. The van der Waals surface area contributed by atoms with Gasteiger partial charge in [0.25, 0.3) is 5.56 Å². The third kappa shape index (κ3) is 3.61. The molecular formula is C24H23ClN2O3. The minimum atomic E-state index is 0.00334. The van der Waals surface area contributed by atoms with Crippen LogP contribution in [-0.4, -0.2) is 16.8 Å². The molecule has 0 radical (unpaired) electrons. The number of aromatic nitrogens is 2. The van der Waals surface area contributed by atoms with E-state index in [1.165, 1.54) is 0 Å². The SMILES string of the molecule is COc1cc2c(cc1-c1c(C)noc1C)cc(C)c(=O)n2CCc1ccc(Cl)cc1. The second kappa shape index (κ2) is 8.00. The Kier molecular flexibility index (Phi) is 5.39. The average molecular weight is 423 g/mol. The molecule has 0 N–H and O–H groups in total. The van der Waals surface area contributed by atoms with Gasteiger partial charge in [0.05, 0.1) is 23.9 Å². The summed E-state index contributed by atoms with van der Waals surface area (Å²) in [5.41, 5.74) is 5.30. The molecule has 2 aromatic carbocycles. The van der Waals surface area contributed by atoms with Gasteiger partial charge in [0.15, 0.2) is 0 Å². The molecule has 5 nitrogen and oxygen atoms in total. The monoisotopic (exact) mass is 422 g/mol. The number of pyridine rings is 1. The number of nitrogens with zero attached hydrogens (tertiary/aromatic N) is 2. The fourth-order valence-corrected chi connectivity index (χ4v) is 4.02. The highest BCUT2D eigenvalue weighted by Crippen LogP contribution is 2.37. The number of ether oxygens (including phenoxy) is 1. The Bertz CT molecular complexity index is 1270. The van der Waals surface area contributed by atoms with Crippen LogP contribution in [0.4, 0.5) is 0 Å². The molecule has 6 heteroatoms. The second-order valence-corrected chi connectivity index (χ2v) is 7.91. The van der Waals surface area contributed by atoms with Gasteiger partial charge in [0, 0.05) is 28.8 Å². The first-order chi connectivity index (χ1) is 14.4. The first-order valence-corrected chi connectivity index (χ1v) is 10.2. The van der Waals surface area contributed by atoms with E-state index in [-0.39, 0.29) is 5.56 Å². The minimum Gasteiger partial charge on any atom is -0.496 e. The zero-order valence-electron chi connectivity index (χ0n) is 17.5. The molecule has 0 atom stereocenters. The van der Waals surface area contributed by atoms with Gasteiger partial charge in [-0.05, 0) is 62.4 Å². The van der Waals surface area contributed by atoms with Gasteiger partial charge in [-0.3, -0.25) is 4.79 Å². The Morgan fingerprint density at radius 2 is 1.83 bits per heavy atom. The minimum absolute atomic E-state index is 0.00334. The largest absolute Gasteiger partial charge is 0.496 e. The van der Waals surface area contributed by atoms with E-state index in [0.29, 0.717) is 22.9 Å². The maximum atomic E-state index is 13.0. The van der Waals surface area contributed by atoms with Crippen molar-refractivity contribution in [3.05, 3.63) is 80.4 Å². The maximum absolute atomic E-state index is 13.0. The number of hydrogen-bond acceptors (Lipinski definition) is 4. The molecule has 30 heavy (non-hydrogen) atoms. The summed E-state index contributed by atoms with van der Waals surface area (Å²) in [6.45, 7) is 6.21. The van der Waals surface area contributed by atoms with Crippen molar-refractivity contribution in [3.63, 3.8) is 0 Å². The van der Waals surface area contributed by atoms with Crippen molar-refractivity contribution in [2.75, 3.05) is 7.11 Å². The molecule has 4 rings (SSSR count). The van der Waals surface area contributed by atoms with Gasteiger partial charge < -0.3 is 13.8 Å². The van der Waals surface area contributed by atoms with Crippen LogP contribution in [0.3, 0.4) is 0 Å².